The highest BCUT2D eigenvalue weighted by atomic mass is 127. The maximum Gasteiger partial charge on any atom is 0.339 e. The Labute approximate surface area is 87.1 Å². The van der Waals surface area contributed by atoms with E-state index in [9.17, 15) is 9.90 Å². The molecule has 1 aromatic carbocycles. The fourth-order valence-electron chi connectivity index (χ4n) is 0.729. The highest BCUT2D eigenvalue weighted by Gasteiger charge is 2.12. The summed E-state index contributed by atoms with van der Waals surface area (Å²) in [6.45, 7) is 0. The van der Waals surface area contributed by atoms with Gasteiger partial charge in [0.25, 0.3) is 0 Å². The Balaban J connectivity index is 3.37. The van der Waals surface area contributed by atoms with Crippen LogP contribution in [0.25, 0.3) is 0 Å². The third-order valence-electron chi connectivity index (χ3n) is 1.26. The third kappa shape index (κ3) is 1.81. The van der Waals surface area contributed by atoms with Gasteiger partial charge in [0.05, 0.1) is 3.57 Å². The largest absolute Gasteiger partial charge is 0.506 e. The molecule has 2 N–H and O–H groups in total. The van der Waals surface area contributed by atoms with Crippen molar-refractivity contribution in [2.45, 2.75) is 0 Å². The number of carboxylic acids is 1. The van der Waals surface area contributed by atoms with E-state index in [4.69, 9.17) is 16.7 Å². The SMILES string of the molecule is O=C(O)c1cc(Cl)cc(I)c1O. The van der Waals surface area contributed by atoms with Gasteiger partial charge in [0.15, 0.2) is 0 Å². The number of benzene rings is 1. The van der Waals surface area contributed by atoms with Crippen molar-refractivity contribution in [3.63, 3.8) is 0 Å². The predicted molar refractivity (Wildman–Crippen MR) is 52.8 cm³/mol. The molecule has 1 rings (SSSR count). The van der Waals surface area contributed by atoms with Gasteiger partial charge in [-0.05, 0) is 34.7 Å². The molecule has 0 radical (unpaired) electrons. The highest BCUT2D eigenvalue weighted by molar-refractivity contribution is 14.1. The van der Waals surface area contributed by atoms with Crippen LogP contribution in [0.15, 0.2) is 12.1 Å². The van der Waals surface area contributed by atoms with Gasteiger partial charge in [-0.3, -0.25) is 0 Å². The van der Waals surface area contributed by atoms with Crippen LogP contribution in [0.1, 0.15) is 10.4 Å². The molecule has 0 aliphatic carbocycles. The number of carbonyl (C=O) groups is 1. The first-order valence-corrected chi connectivity index (χ1v) is 4.39. The predicted octanol–water partition coefficient (Wildman–Crippen LogP) is 2.35. The van der Waals surface area contributed by atoms with E-state index in [0.717, 1.165) is 0 Å². The van der Waals surface area contributed by atoms with Crippen LogP contribution in [0.5, 0.6) is 5.75 Å². The molecule has 64 valence electrons. The van der Waals surface area contributed by atoms with Crippen molar-refractivity contribution in [2.24, 2.45) is 0 Å². The van der Waals surface area contributed by atoms with Gasteiger partial charge in [-0.25, -0.2) is 4.79 Å². The molecule has 0 aliphatic rings. The van der Waals surface area contributed by atoms with Crippen LogP contribution in [-0.4, -0.2) is 16.2 Å². The fourth-order valence-corrected chi connectivity index (χ4v) is 1.76. The summed E-state index contributed by atoms with van der Waals surface area (Å²) in [5.41, 5.74) is -0.174. The lowest BCUT2D eigenvalue weighted by molar-refractivity contribution is 0.0693. The maximum absolute atomic E-state index is 10.5. The van der Waals surface area contributed by atoms with Gasteiger partial charge in [0.1, 0.15) is 11.3 Å². The zero-order valence-corrected chi connectivity index (χ0v) is 8.63. The summed E-state index contributed by atoms with van der Waals surface area (Å²) < 4.78 is 0.428. The van der Waals surface area contributed by atoms with E-state index in [1.54, 1.807) is 0 Å². The van der Waals surface area contributed by atoms with Crippen molar-refractivity contribution in [2.75, 3.05) is 0 Å². The molecule has 0 saturated carbocycles. The van der Waals surface area contributed by atoms with E-state index in [1.807, 2.05) is 22.6 Å². The standard InChI is InChI=1S/C7H4ClIO3/c8-3-1-4(7(11)12)6(10)5(9)2-3/h1-2,10H,(H,11,12). The van der Waals surface area contributed by atoms with Crippen molar-refractivity contribution >= 4 is 40.2 Å². The zero-order chi connectivity index (χ0) is 9.30. The van der Waals surface area contributed by atoms with Crippen LogP contribution in [0, 0.1) is 3.57 Å². The summed E-state index contributed by atoms with van der Waals surface area (Å²) in [4.78, 5) is 10.5. The van der Waals surface area contributed by atoms with Crippen LogP contribution in [0.2, 0.25) is 5.02 Å². The molecule has 0 aromatic heterocycles. The van der Waals surface area contributed by atoms with Crippen LogP contribution in [0.4, 0.5) is 0 Å². The Morgan fingerprint density at radius 2 is 2.08 bits per heavy atom. The molecule has 0 aliphatic heterocycles. The number of halogens is 2. The molecular weight excluding hydrogens is 294 g/mol. The van der Waals surface area contributed by atoms with Crippen molar-refractivity contribution in [1.29, 1.82) is 0 Å². The molecule has 0 saturated heterocycles. The summed E-state index contributed by atoms with van der Waals surface area (Å²) in [5.74, 6) is -1.43. The molecule has 0 amide bonds. The van der Waals surface area contributed by atoms with Crippen molar-refractivity contribution in [3.8, 4) is 5.75 Å². The van der Waals surface area contributed by atoms with E-state index in [1.165, 1.54) is 12.1 Å². The second kappa shape index (κ2) is 3.49. The fraction of sp³-hybridized carbons (Fsp3) is 0. The van der Waals surface area contributed by atoms with Gasteiger partial charge in [0, 0.05) is 5.02 Å². The summed E-state index contributed by atoms with van der Waals surface area (Å²) in [6, 6.07) is 2.70. The molecular formula is C7H4ClIO3. The highest BCUT2D eigenvalue weighted by Crippen LogP contribution is 2.28. The number of rotatable bonds is 1. The van der Waals surface area contributed by atoms with Crippen LogP contribution in [0.3, 0.4) is 0 Å². The number of hydrogen-bond acceptors (Lipinski definition) is 2. The number of aromatic hydroxyl groups is 1. The van der Waals surface area contributed by atoms with Gasteiger partial charge >= 0.3 is 5.97 Å². The first-order chi connectivity index (χ1) is 5.52. The molecule has 0 spiro atoms. The monoisotopic (exact) mass is 298 g/mol. The molecule has 12 heavy (non-hydrogen) atoms. The van der Waals surface area contributed by atoms with E-state index in [-0.39, 0.29) is 11.3 Å². The average molecular weight is 298 g/mol. The Kier molecular flexibility index (Phi) is 2.79. The summed E-state index contributed by atoms with van der Waals surface area (Å²) in [7, 11) is 0. The molecule has 0 unspecified atom stereocenters. The number of hydrogen-bond donors (Lipinski definition) is 2. The van der Waals surface area contributed by atoms with Gasteiger partial charge in [0.2, 0.25) is 0 Å². The normalized spacial score (nSPS) is 9.83. The minimum atomic E-state index is -1.19. The first kappa shape index (κ1) is 9.60. The number of carboxylic acid groups (broad SMARTS) is 1. The van der Waals surface area contributed by atoms with Crippen molar-refractivity contribution < 1.29 is 15.0 Å². The second-order valence-electron chi connectivity index (χ2n) is 2.09. The molecule has 5 heteroatoms. The molecule has 1 aromatic rings. The van der Waals surface area contributed by atoms with Crippen LogP contribution in [-0.2, 0) is 0 Å². The molecule has 0 heterocycles. The van der Waals surface area contributed by atoms with Crippen molar-refractivity contribution in [1.82, 2.24) is 0 Å². The molecule has 3 nitrogen and oxygen atoms in total. The Bertz CT molecular complexity index is 338. The second-order valence-corrected chi connectivity index (χ2v) is 3.69. The van der Waals surface area contributed by atoms with Gasteiger partial charge in [-0.1, -0.05) is 11.6 Å². The Morgan fingerprint density at radius 3 is 2.58 bits per heavy atom. The quantitative estimate of drug-likeness (QED) is 0.783. The average Bonchev–Trinajstić information content (AvgIpc) is 1.96. The van der Waals surface area contributed by atoms with E-state index in [2.05, 4.69) is 0 Å². The maximum atomic E-state index is 10.5. The van der Waals surface area contributed by atoms with Gasteiger partial charge in [-0.2, -0.15) is 0 Å². The van der Waals surface area contributed by atoms with Gasteiger partial charge < -0.3 is 10.2 Å². The number of aromatic carboxylic acids is 1. The lowest BCUT2D eigenvalue weighted by Crippen LogP contribution is -1.97. The molecule has 0 bridgehead atoms. The summed E-state index contributed by atoms with van der Waals surface area (Å²) in [6.07, 6.45) is 0. The minimum absolute atomic E-state index is 0.174. The molecule has 0 atom stereocenters. The Hall–Kier alpha value is -0.490. The lowest BCUT2D eigenvalue weighted by Gasteiger charge is -2.01. The molecule has 0 fully saturated rings. The third-order valence-corrected chi connectivity index (χ3v) is 2.30. The first-order valence-electron chi connectivity index (χ1n) is 2.93. The summed E-state index contributed by atoms with van der Waals surface area (Å²) >= 11 is 7.40. The minimum Gasteiger partial charge on any atom is -0.506 e. The lowest BCUT2D eigenvalue weighted by atomic mass is 10.2. The topological polar surface area (TPSA) is 57.5 Å². The van der Waals surface area contributed by atoms with Crippen molar-refractivity contribution in [3.05, 3.63) is 26.3 Å². The van der Waals surface area contributed by atoms with Crippen LogP contribution >= 0.6 is 34.2 Å². The number of phenols is 1. The van der Waals surface area contributed by atoms with Crippen LogP contribution < -0.4 is 0 Å². The van der Waals surface area contributed by atoms with E-state index in [0.29, 0.717) is 8.59 Å². The summed E-state index contributed by atoms with van der Waals surface area (Å²) in [5, 5.41) is 18.1. The van der Waals surface area contributed by atoms with Gasteiger partial charge in [-0.15, -0.1) is 0 Å². The van der Waals surface area contributed by atoms with E-state index < -0.39 is 5.97 Å². The van der Waals surface area contributed by atoms with E-state index >= 15 is 0 Å². The Morgan fingerprint density at radius 1 is 1.50 bits per heavy atom. The smallest absolute Gasteiger partial charge is 0.339 e. The zero-order valence-electron chi connectivity index (χ0n) is 5.71.